The second-order valence-electron chi connectivity index (χ2n) is 4.18. The van der Waals surface area contributed by atoms with Gasteiger partial charge in [-0.15, -0.1) is 16.9 Å². The molecule has 1 heterocycles. The van der Waals surface area contributed by atoms with Gasteiger partial charge in [-0.3, -0.25) is 15.2 Å². The van der Waals surface area contributed by atoms with Gasteiger partial charge in [0, 0.05) is 10.8 Å². The lowest BCUT2D eigenvalue weighted by atomic mass is 10.2. The van der Waals surface area contributed by atoms with Crippen molar-refractivity contribution in [2.24, 2.45) is 0 Å². The molecule has 5 nitrogen and oxygen atoms in total. The average Bonchev–Trinajstić information content (AvgIpc) is 2.87. The lowest BCUT2D eigenvalue weighted by Crippen LogP contribution is -2.15. The van der Waals surface area contributed by atoms with Crippen molar-refractivity contribution in [3.05, 3.63) is 40.7 Å². The largest absolute Gasteiger partial charge is 0.451 e. The number of anilines is 1. The molecular weight excluding hydrogens is 341 g/mol. The van der Waals surface area contributed by atoms with E-state index in [1.807, 2.05) is 6.07 Å². The number of alkyl halides is 3. The molecule has 0 unspecified atom stereocenters. The zero-order valence-electron chi connectivity index (χ0n) is 10.9. The van der Waals surface area contributed by atoms with Gasteiger partial charge in [0.15, 0.2) is 0 Å². The van der Waals surface area contributed by atoms with Gasteiger partial charge in [-0.2, -0.15) is 18.2 Å². The summed E-state index contributed by atoms with van der Waals surface area (Å²) in [6.45, 7) is 0. The number of aromatic amines is 1. The number of thioether (sulfide) groups is 1. The minimum atomic E-state index is -4.63. The third-order valence-corrected chi connectivity index (χ3v) is 3.63. The Morgan fingerprint density at radius 3 is 2.82 bits per heavy atom. The highest BCUT2D eigenvalue weighted by atomic mass is 35.5. The fraction of sp³-hybridized carbons (Fsp3) is 0.250. The van der Waals surface area contributed by atoms with Crippen LogP contribution in [0.2, 0.25) is 5.02 Å². The van der Waals surface area contributed by atoms with Gasteiger partial charge in [0.25, 0.3) is 0 Å². The molecule has 0 saturated heterocycles. The number of nitrogens with zero attached hydrogens (tertiary/aromatic N) is 2. The first-order chi connectivity index (χ1) is 10.3. The molecule has 0 saturated carbocycles. The van der Waals surface area contributed by atoms with E-state index in [4.69, 9.17) is 11.6 Å². The van der Waals surface area contributed by atoms with Crippen molar-refractivity contribution in [3.63, 3.8) is 0 Å². The highest BCUT2D eigenvalue weighted by Crippen LogP contribution is 2.26. The molecule has 2 N–H and O–H groups in total. The maximum atomic E-state index is 12.3. The van der Waals surface area contributed by atoms with Gasteiger partial charge in [0.05, 0.1) is 5.75 Å². The van der Waals surface area contributed by atoms with Crippen LogP contribution in [0.15, 0.2) is 24.3 Å². The summed E-state index contributed by atoms with van der Waals surface area (Å²) in [5.41, 5.74) is 0.947. The van der Waals surface area contributed by atoms with E-state index in [1.165, 1.54) is 11.8 Å². The van der Waals surface area contributed by atoms with E-state index < -0.39 is 23.9 Å². The average molecular weight is 351 g/mol. The Morgan fingerprint density at radius 2 is 2.18 bits per heavy atom. The van der Waals surface area contributed by atoms with Crippen LogP contribution in [0.3, 0.4) is 0 Å². The number of rotatable bonds is 5. The Balaban J connectivity index is 1.80. The summed E-state index contributed by atoms with van der Waals surface area (Å²) in [4.78, 5) is 14.7. The monoisotopic (exact) mass is 350 g/mol. The molecular formula is C12H10ClF3N4OS. The molecule has 0 fully saturated rings. The molecule has 118 valence electrons. The highest BCUT2D eigenvalue weighted by molar-refractivity contribution is 7.99. The third-order valence-electron chi connectivity index (χ3n) is 2.40. The van der Waals surface area contributed by atoms with Gasteiger partial charge in [-0.25, -0.2) is 0 Å². The number of halogens is 4. The van der Waals surface area contributed by atoms with Crippen molar-refractivity contribution >= 4 is 35.2 Å². The number of nitrogens with one attached hydrogen (secondary N) is 2. The molecule has 0 aliphatic rings. The first-order valence-corrected chi connectivity index (χ1v) is 7.49. The highest BCUT2D eigenvalue weighted by Gasteiger charge is 2.35. The van der Waals surface area contributed by atoms with Crippen LogP contribution in [0.5, 0.6) is 0 Å². The molecule has 1 amide bonds. The summed E-state index contributed by atoms with van der Waals surface area (Å²) in [5, 5.41) is 7.80. The van der Waals surface area contributed by atoms with E-state index in [1.54, 1.807) is 23.3 Å². The smallest absolute Gasteiger partial charge is 0.293 e. The van der Waals surface area contributed by atoms with Crippen LogP contribution in [0.1, 0.15) is 11.4 Å². The number of hydrogen-bond donors (Lipinski definition) is 2. The Bertz CT molecular complexity index is 662. The zero-order valence-corrected chi connectivity index (χ0v) is 12.5. The van der Waals surface area contributed by atoms with E-state index in [0.29, 0.717) is 10.8 Å². The normalized spacial score (nSPS) is 11.5. The molecule has 2 aromatic rings. The van der Waals surface area contributed by atoms with Gasteiger partial charge in [-0.05, 0) is 17.7 Å². The van der Waals surface area contributed by atoms with Crippen molar-refractivity contribution in [1.82, 2.24) is 15.2 Å². The maximum Gasteiger partial charge on any atom is 0.451 e. The Morgan fingerprint density at radius 1 is 1.41 bits per heavy atom. The molecule has 1 aromatic carbocycles. The van der Waals surface area contributed by atoms with Crippen molar-refractivity contribution in [2.75, 3.05) is 11.1 Å². The molecule has 0 bridgehead atoms. The second kappa shape index (κ2) is 7.01. The number of carbonyl (C=O) groups is 1. The number of carbonyl (C=O) groups excluding carboxylic acids is 1. The molecule has 0 spiro atoms. The summed E-state index contributed by atoms with van der Waals surface area (Å²) < 4.78 is 36.9. The van der Waals surface area contributed by atoms with Gasteiger partial charge in [-0.1, -0.05) is 23.7 Å². The van der Waals surface area contributed by atoms with Gasteiger partial charge >= 0.3 is 6.18 Å². The van der Waals surface area contributed by atoms with E-state index >= 15 is 0 Å². The van der Waals surface area contributed by atoms with Crippen LogP contribution in [0.4, 0.5) is 19.1 Å². The Kier molecular flexibility index (Phi) is 5.30. The van der Waals surface area contributed by atoms with Crippen LogP contribution < -0.4 is 5.32 Å². The predicted molar refractivity (Wildman–Crippen MR) is 77.6 cm³/mol. The fourth-order valence-corrected chi connectivity index (χ4v) is 2.48. The first-order valence-electron chi connectivity index (χ1n) is 5.96. The Labute approximate surface area is 132 Å². The van der Waals surface area contributed by atoms with Gasteiger partial charge in [0.1, 0.15) is 0 Å². The minimum Gasteiger partial charge on any atom is -0.293 e. The number of aromatic nitrogens is 3. The molecule has 0 atom stereocenters. The fourth-order valence-electron chi connectivity index (χ4n) is 1.49. The molecule has 1 aromatic heterocycles. The number of hydrogen-bond acceptors (Lipinski definition) is 4. The maximum absolute atomic E-state index is 12.3. The van der Waals surface area contributed by atoms with E-state index in [-0.39, 0.29) is 5.75 Å². The first kappa shape index (κ1) is 16.6. The van der Waals surface area contributed by atoms with Crippen molar-refractivity contribution in [2.45, 2.75) is 11.9 Å². The molecule has 22 heavy (non-hydrogen) atoms. The standard InChI is InChI=1S/C12H10ClF3N4OS/c13-8-3-1-2-7(4-8)5-22-6-9(21)17-11-18-10(19-20-11)12(14,15)16/h1-4H,5-6H2,(H2,17,18,19,20,21). The molecule has 0 aliphatic heterocycles. The van der Waals surface area contributed by atoms with Gasteiger partial charge in [0.2, 0.25) is 17.7 Å². The van der Waals surface area contributed by atoms with E-state index in [2.05, 4.69) is 15.4 Å². The summed E-state index contributed by atoms with van der Waals surface area (Å²) in [6.07, 6.45) is -4.63. The molecule has 10 heteroatoms. The van der Waals surface area contributed by atoms with Gasteiger partial charge < -0.3 is 0 Å². The van der Waals surface area contributed by atoms with Crippen LogP contribution in [0, 0.1) is 0 Å². The zero-order chi connectivity index (χ0) is 16.2. The third kappa shape index (κ3) is 4.92. The van der Waals surface area contributed by atoms with Crippen LogP contribution in [0.25, 0.3) is 0 Å². The Hall–Kier alpha value is -1.74. The SMILES string of the molecule is O=C(CSCc1cccc(Cl)c1)Nc1n[nH]c(C(F)(F)F)n1. The minimum absolute atomic E-state index is 0.0579. The topological polar surface area (TPSA) is 70.7 Å². The van der Waals surface area contributed by atoms with E-state index in [9.17, 15) is 18.0 Å². The summed E-state index contributed by atoms with van der Waals surface area (Å²) in [6, 6.07) is 7.17. The van der Waals surface area contributed by atoms with Crippen molar-refractivity contribution < 1.29 is 18.0 Å². The lowest BCUT2D eigenvalue weighted by Gasteiger charge is -2.02. The molecule has 0 aliphatic carbocycles. The molecule has 2 rings (SSSR count). The quantitative estimate of drug-likeness (QED) is 0.867. The van der Waals surface area contributed by atoms with Crippen LogP contribution >= 0.6 is 23.4 Å². The van der Waals surface area contributed by atoms with Crippen LogP contribution in [-0.2, 0) is 16.7 Å². The number of H-pyrrole nitrogens is 1. The molecule has 0 radical (unpaired) electrons. The lowest BCUT2D eigenvalue weighted by molar-refractivity contribution is -0.144. The van der Waals surface area contributed by atoms with E-state index in [0.717, 1.165) is 5.56 Å². The summed E-state index contributed by atoms with van der Waals surface area (Å²) >= 11 is 7.13. The summed E-state index contributed by atoms with van der Waals surface area (Å²) in [5.74, 6) is -1.53. The summed E-state index contributed by atoms with van der Waals surface area (Å²) in [7, 11) is 0. The predicted octanol–water partition coefficient (Wildman–Crippen LogP) is 3.35. The number of benzene rings is 1. The second-order valence-corrected chi connectivity index (χ2v) is 5.60. The number of amides is 1. The van der Waals surface area contributed by atoms with Crippen molar-refractivity contribution in [3.8, 4) is 0 Å². The van der Waals surface area contributed by atoms with Crippen LogP contribution in [-0.4, -0.2) is 26.8 Å². The van der Waals surface area contributed by atoms with Crippen molar-refractivity contribution in [1.29, 1.82) is 0 Å².